The first-order chi connectivity index (χ1) is 23.2. The van der Waals surface area contributed by atoms with Gasteiger partial charge in [0, 0.05) is 16.7 Å². The van der Waals surface area contributed by atoms with Crippen molar-refractivity contribution in [3.63, 3.8) is 0 Å². The van der Waals surface area contributed by atoms with E-state index in [1.54, 1.807) is 12.1 Å². The van der Waals surface area contributed by atoms with E-state index < -0.39 is 0 Å². The highest BCUT2D eigenvalue weighted by Gasteiger charge is 2.13. The second-order valence-electron chi connectivity index (χ2n) is 11.5. The number of benzene rings is 7. The highest BCUT2D eigenvalue weighted by molar-refractivity contribution is 5.91. The van der Waals surface area contributed by atoms with Gasteiger partial charge < -0.3 is 0 Å². The van der Waals surface area contributed by atoms with E-state index in [1.165, 1.54) is 45.2 Å². The van der Waals surface area contributed by atoms with Crippen molar-refractivity contribution in [3.05, 3.63) is 176 Å². The monoisotopic (exact) mass is 605 g/mol. The fourth-order valence-electron chi connectivity index (χ4n) is 5.85. The molecule has 0 aliphatic heterocycles. The molecule has 8 aromatic rings. The Balaban J connectivity index is 1.08. The van der Waals surface area contributed by atoms with Crippen molar-refractivity contribution in [1.29, 1.82) is 0 Å². The minimum Gasteiger partial charge on any atom is -0.208 e. The maximum absolute atomic E-state index is 13.7. The molecule has 222 valence electrons. The topological polar surface area (TPSA) is 38.7 Å². The first-order valence-corrected chi connectivity index (χ1v) is 15.5. The van der Waals surface area contributed by atoms with Crippen molar-refractivity contribution >= 4 is 10.8 Å². The molecule has 0 bridgehead atoms. The third-order valence-electron chi connectivity index (χ3n) is 8.41. The van der Waals surface area contributed by atoms with Crippen LogP contribution in [-0.2, 0) is 0 Å². The number of halogens is 1. The molecule has 0 fully saturated rings. The van der Waals surface area contributed by atoms with E-state index in [0.29, 0.717) is 17.5 Å². The molecule has 1 aromatic heterocycles. The van der Waals surface area contributed by atoms with E-state index in [9.17, 15) is 4.39 Å². The van der Waals surface area contributed by atoms with Gasteiger partial charge in [0.25, 0.3) is 0 Å². The summed E-state index contributed by atoms with van der Waals surface area (Å²) in [6, 6.07) is 56.8. The predicted molar refractivity (Wildman–Crippen MR) is 190 cm³/mol. The summed E-state index contributed by atoms with van der Waals surface area (Å²) in [5.41, 5.74) is 9.56. The summed E-state index contributed by atoms with van der Waals surface area (Å²) in [4.78, 5) is 14.3. The van der Waals surface area contributed by atoms with Crippen LogP contribution in [0.25, 0.3) is 78.3 Å². The maximum atomic E-state index is 13.7. The van der Waals surface area contributed by atoms with E-state index in [4.69, 9.17) is 15.0 Å². The van der Waals surface area contributed by atoms with E-state index in [0.717, 1.165) is 27.8 Å². The Morgan fingerprint density at radius 1 is 0.277 bits per heavy atom. The van der Waals surface area contributed by atoms with Crippen LogP contribution in [0.5, 0.6) is 0 Å². The van der Waals surface area contributed by atoms with Crippen molar-refractivity contribution in [3.8, 4) is 67.5 Å². The van der Waals surface area contributed by atoms with E-state index in [2.05, 4.69) is 97.1 Å². The number of hydrogen-bond donors (Lipinski definition) is 0. The highest BCUT2D eigenvalue weighted by atomic mass is 19.1. The average molecular weight is 606 g/mol. The van der Waals surface area contributed by atoms with Gasteiger partial charge in [0.1, 0.15) is 5.82 Å². The van der Waals surface area contributed by atoms with Crippen LogP contribution < -0.4 is 0 Å². The van der Waals surface area contributed by atoms with Crippen molar-refractivity contribution in [2.75, 3.05) is 0 Å². The van der Waals surface area contributed by atoms with Crippen LogP contribution in [0, 0.1) is 5.82 Å². The molecule has 3 nitrogen and oxygen atoms in total. The van der Waals surface area contributed by atoms with Gasteiger partial charge >= 0.3 is 0 Å². The summed E-state index contributed by atoms with van der Waals surface area (Å²) in [5.74, 6) is 1.33. The van der Waals surface area contributed by atoms with E-state index in [1.807, 2.05) is 48.5 Å². The van der Waals surface area contributed by atoms with Gasteiger partial charge in [-0.2, -0.15) is 0 Å². The Labute approximate surface area is 272 Å². The minimum atomic E-state index is -0.301. The van der Waals surface area contributed by atoms with Crippen molar-refractivity contribution < 1.29 is 4.39 Å². The second kappa shape index (κ2) is 12.3. The third kappa shape index (κ3) is 5.92. The normalized spacial score (nSPS) is 11.1. The van der Waals surface area contributed by atoms with Gasteiger partial charge in [-0.05, 0) is 80.6 Å². The van der Waals surface area contributed by atoms with Crippen LogP contribution in [0.3, 0.4) is 0 Å². The molecular formula is C43H28FN3. The Bertz CT molecular complexity index is 2320. The molecule has 0 aliphatic carbocycles. The van der Waals surface area contributed by atoms with Crippen molar-refractivity contribution in [2.45, 2.75) is 0 Å². The Kier molecular flexibility index (Phi) is 7.37. The molecule has 0 saturated carbocycles. The van der Waals surface area contributed by atoms with Gasteiger partial charge in [0.2, 0.25) is 0 Å². The SMILES string of the molecule is Fc1ccc(-c2nc(-c3ccccc3)nc(-c3ccc(-c4ccc5cc(-c6ccc(-c7ccccc7)cc6)ccc5c4)cc3)n2)cc1. The fourth-order valence-corrected chi connectivity index (χ4v) is 5.85. The average Bonchev–Trinajstić information content (AvgIpc) is 3.15. The fraction of sp³-hybridized carbons (Fsp3) is 0. The lowest BCUT2D eigenvalue weighted by Crippen LogP contribution is -2.00. The maximum Gasteiger partial charge on any atom is 0.164 e. The van der Waals surface area contributed by atoms with Crippen molar-refractivity contribution in [2.24, 2.45) is 0 Å². The summed E-state index contributed by atoms with van der Waals surface area (Å²) < 4.78 is 13.7. The molecule has 0 saturated heterocycles. The van der Waals surface area contributed by atoms with Gasteiger partial charge in [0.05, 0.1) is 0 Å². The number of aromatic nitrogens is 3. The number of fused-ring (bicyclic) bond motifs is 1. The molecule has 1 heterocycles. The molecule has 0 N–H and O–H groups in total. The minimum absolute atomic E-state index is 0.301. The number of nitrogens with zero attached hydrogens (tertiary/aromatic N) is 3. The van der Waals surface area contributed by atoms with Gasteiger partial charge in [0.15, 0.2) is 17.5 Å². The van der Waals surface area contributed by atoms with Crippen LogP contribution >= 0.6 is 0 Å². The van der Waals surface area contributed by atoms with E-state index in [-0.39, 0.29) is 5.82 Å². The zero-order valence-electron chi connectivity index (χ0n) is 25.4. The Hall–Kier alpha value is -6.26. The first kappa shape index (κ1) is 28.2. The molecule has 0 unspecified atom stereocenters. The number of rotatable bonds is 6. The van der Waals surface area contributed by atoms with Crippen LogP contribution in [-0.4, -0.2) is 15.0 Å². The van der Waals surface area contributed by atoms with Crippen LogP contribution in [0.2, 0.25) is 0 Å². The molecule has 0 radical (unpaired) electrons. The summed E-state index contributed by atoms with van der Waals surface area (Å²) in [6.45, 7) is 0. The summed E-state index contributed by atoms with van der Waals surface area (Å²) in [5, 5.41) is 2.38. The standard InChI is InChI=1S/C43H28FN3/c44-40-25-23-35(24-26-40)43-46-41(33-9-5-2-6-10-33)45-42(47-43)34-17-15-32(16-18-34)37-20-22-38-27-36(19-21-39(38)28-37)31-13-11-30(12-14-31)29-7-3-1-4-8-29/h1-28H. The molecule has 0 spiro atoms. The van der Waals surface area contributed by atoms with Gasteiger partial charge in [-0.15, -0.1) is 0 Å². The van der Waals surface area contributed by atoms with Crippen LogP contribution in [0.4, 0.5) is 4.39 Å². The molecule has 8 rings (SSSR count). The van der Waals surface area contributed by atoms with Crippen LogP contribution in [0.1, 0.15) is 0 Å². The van der Waals surface area contributed by atoms with Crippen LogP contribution in [0.15, 0.2) is 170 Å². The highest BCUT2D eigenvalue weighted by Crippen LogP contribution is 2.31. The third-order valence-corrected chi connectivity index (χ3v) is 8.41. The molecule has 0 atom stereocenters. The molecular weight excluding hydrogens is 577 g/mol. The van der Waals surface area contributed by atoms with Crippen molar-refractivity contribution in [1.82, 2.24) is 15.0 Å². The second-order valence-corrected chi connectivity index (χ2v) is 11.5. The molecule has 0 amide bonds. The number of hydrogen-bond acceptors (Lipinski definition) is 3. The van der Waals surface area contributed by atoms with Gasteiger partial charge in [-0.3, -0.25) is 0 Å². The summed E-state index contributed by atoms with van der Waals surface area (Å²) >= 11 is 0. The predicted octanol–water partition coefficient (Wildman–Crippen LogP) is 11.2. The molecule has 7 aromatic carbocycles. The summed E-state index contributed by atoms with van der Waals surface area (Å²) in [7, 11) is 0. The van der Waals surface area contributed by atoms with Gasteiger partial charge in [-0.1, -0.05) is 133 Å². The zero-order chi connectivity index (χ0) is 31.6. The van der Waals surface area contributed by atoms with E-state index >= 15 is 0 Å². The molecule has 47 heavy (non-hydrogen) atoms. The lowest BCUT2D eigenvalue weighted by atomic mass is 9.96. The van der Waals surface area contributed by atoms with Gasteiger partial charge in [-0.25, -0.2) is 19.3 Å². The first-order valence-electron chi connectivity index (χ1n) is 15.5. The Morgan fingerprint density at radius 2 is 0.574 bits per heavy atom. The lowest BCUT2D eigenvalue weighted by molar-refractivity contribution is 0.628. The quantitative estimate of drug-likeness (QED) is 0.189. The lowest BCUT2D eigenvalue weighted by Gasteiger charge is -2.10. The summed E-state index contributed by atoms with van der Waals surface area (Å²) in [6.07, 6.45) is 0. The molecule has 4 heteroatoms. The smallest absolute Gasteiger partial charge is 0.164 e. The molecule has 0 aliphatic rings. The largest absolute Gasteiger partial charge is 0.208 e. The zero-order valence-corrected chi connectivity index (χ0v) is 25.4. The Morgan fingerprint density at radius 3 is 1.02 bits per heavy atom.